The van der Waals surface area contributed by atoms with Gasteiger partial charge in [-0.1, -0.05) is 20.8 Å². The van der Waals surface area contributed by atoms with Gasteiger partial charge >= 0.3 is 6.09 Å². The van der Waals surface area contributed by atoms with E-state index in [1.165, 1.54) is 0 Å². The summed E-state index contributed by atoms with van der Waals surface area (Å²) in [6, 6.07) is 0. The molecule has 0 radical (unpaired) electrons. The Bertz CT molecular complexity index is 156. The molecule has 0 fully saturated rings. The summed E-state index contributed by atoms with van der Waals surface area (Å²) in [5, 5.41) is 11.0. The van der Waals surface area contributed by atoms with Gasteiger partial charge < -0.3 is 10.4 Å². The second kappa shape index (κ2) is 2.72. The van der Waals surface area contributed by atoms with E-state index in [0.717, 1.165) is 0 Å². The van der Waals surface area contributed by atoms with Gasteiger partial charge in [0, 0.05) is 5.54 Å². The van der Waals surface area contributed by atoms with Crippen LogP contribution in [0.4, 0.5) is 4.79 Å². The van der Waals surface area contributed by atoms with Gasteiger partial charge in [-0.3, -0.25) is 0 Å². The average Bonchev–Trinajstić information content (AvgIpc) is 1.56. The third-order valence-corrected chi connectivity index (χ3v) is 2.29. The lowest BCUT2D eigenvalue weighted by Gasteiger charge is -2.38. The first-order chi connectivity index (χ1) is 4.67. The molecule has 3 heteroatoms. The zero-order valence-corrected chi connectivity index (χ0v) is 7.86. The predicted molar refractivity (Wildman–Crippen MR) is 44.7 cm³/mol. The van der Waals surface area contributed by atoms with Gasteiger partial charge in [-0.2, -0.15) is 0 Å². The molecule has 0 aromatic carbocycles. The van der Waals surface area contributed by atoms with Crippen molar-refractivity contribution in [1.29, 1.82) is 0 Å². The molecule has 0 aliphatic rings. The maximum Gasteiger partial charge on any atom is 0.405 e. The zero-order chi connectivity index (χ0) is 9.28. The minimum absolute atomic E-state index is 0.0641. The van der Waals surface area contributed by atoms with Gasteiger partial charge in [0.1, 0.15) is 0 Å². The molecule has 0 aliphatic carbocycles. The van der Waals surface area contributed by atoms with E-state index in [1.54, 1.807) is 0 Å². The SMILES string of the molecule is CC(C)(C)C(C)(C)NC(=O)O. The molecule has 0 atom stereocenters. The Labute approximate surface area is 67.8 Å². The van der Waals surface area contributed by atoms with Crippen LogP contribution in [0.2, 0.25) is 0 Å². The molecule has 0 heterocycles. The first-order valence-electron chi connectivity index (χ1n) is 3.68. The summed E-state index contributed by atoms with van der Waals surface area (Å²) in [6.45, 7) is 9.76. The second-order valence-corrected chi connectivity index (χ2v) is 4.31. The molecule has 3 nitrogen and oxygen atoms in total. The Hall–Kier alpha value is -0.730. The fourth-order valence-electron chi connectivity index (χ4n) is 0.455. The van der Waals surface area contributed by atoms with Gasteiger partial charge in [-0.25, -0.2) is 4.79 Å². The van der Waals surface area contributed by atoms with Gasteiger partial charge in [0.25, 0.3) is 0 Å². The number of hydrogen-bond donors (Lipinski definition) is 2. The number of carboxylic acid groups (broad SMARTS) is 1. The van der Waals surface area contributed by atoms with Crippen LogP contribution in [0.1, 0.15) is 34.6 Å². The maximum atomic E-state index is 10.4. The van der Waals surface area contributed by atoms with Crippen molar-refractivity contribution in [2.24, 2.45) is 5.41 Å². The second-order valence-electron chi connectivity index (χ2n) is 4.31. The Kier molecular flexibility index (Phi) is 2.54. The molecule has 0 bridgehead atoms. The Morgan fingerprint density at radius 3 is 1.64 bits per heavy atom. The van der Waals surface area contributed by atoms with E-state index in [0.29, 0.717) is 0 Å². The number of hydrogen-bond acceptors (Lipinski definition) is 1. The monoisotopic (exact) mass is 159 g/mol. The van der Waals surface area contributed by atoms with Gasteiger partial charge in [-0.05, 0) is 19.3 Å². The Morgan fingerprint density at radius 1 is 1.18 bits per heavy atom. The first-order valence-corrected chi connectivity index (χ1v) is 3.68. The lowest BCUT2D eigenvalue weighted by Crippen LogP contribution is -2.52. The quantitative estimate of drug-likeness (QED) is 0.615. The molecule has 2 N–H and O–H groups in total. The molecular weight excluding hydrogens is 142 g/mol. The van der Waals surface area contributed by atoms with Crippen LogP contribution >= 0.6 is 0 Å². The summed E-state index contributed by atoms with van der Waals surface area (Å²) in [4.78, 5) is 10.4. The highest BCUT2D eigenvalue weighted by Crippen LogP contribution is 2.28. The molecule has 0 unspecified atom stereocenters. The number of rotatable bonds is 1. The fourth-order valence-corrected chi connectivity index (χ4v) is 0.455. The van der Waals surface area contributed by atoms with Crippen molar-refractivity contribution < 1.29 is 9.90 Å². The van der Waals surface area contributed by atoms with Crippen LogP contribution in [0.15, 0.2) is 0 Å². The fraction of sp³-hybridized carbons (Fsp3) is 0.875. The summed E-state index contributed by atoms with van der Waals surface area (Å²) >= 11 is 0. The highest BCUT2D eigenvalue weighted by molar-refractivity contribution is 5.65. The highest BCUT2D eigenvalue weighted by Gasteiger charge is 2.33. The molecule has 0 saturated carbocycles. The van der Waals surface area contributed by atoms with Gasteiger partial charge in [0.05, 0.1) is 0 Å². The summed E-state index contributed by atoms with van der Waals surface area (Å²) in [7, 11) is 0. The van der Waals surface area contributed by atoms with Crippen molar-refractivity contribution in [1.82, 2.24) is 5.32 Å². The summed E-state index contributed by atoms with van der Waals surface area (Å²) in [5.41, 5.74) is -0.454. The van der Waals surface area contributed by atoms with E-state index < -0.39 is 11.6 Å². The number of carbonyl (C=O) groups is 1. The first kappa shape index (κ1) is 10.3. The van der Waals surface area contributed by atoms with Crippen LogP contribution in [0.25, 0.3) is 0 Å². The zero-order valence-electron chi connectivity index (χ0n) is 7.86. The summed E-state index contributed by atoms with van der Waals surface area (Å²) in [6.07, 6.45) is -0.968. The van der Waals surface area contributed by atoms with Crippen molar-refractivity contribution in [2.75, 3.05) is 0 Å². The molecule has 66 valence electrons. The summed E-state index contributed by atoms with van der Waals surface area (Å²) < 4.78 is 0. The third-order valence-electron chi connectivity index (χ3n) is 2.29. The average molecular weight is 159 g/mol. The van der Waals surface area contributed by atoms with Crippen molar-refractivity contribution in [3.8, 4) is 0 Å². The van der Waals surface area contributed by atoms with E-state index in [9.17, 15) is 4.79 Å². The largest absolute Gasteiger partial charge is 0.465 e. The van der Waals surface area contributed by atoms with Crippen molar-refractivity contribution >= 4 is 6.09 Å². The smallest absolute Gasteiger partial charge is 0.405 e. The Balaban J connectivity index is 4.34. The lowest BCUT2D eigenvalue weighted by atomic mass is 9.76. The van der Waals surface area contributed by atoms with Gasteiger partial charge in [0.2, 0.25) is 0 Å². The molecule has 0 aromatic rings. The van der Waals surface area contributed by atoms with E-state index in [2.05, 4.69) is 5.32 Å². The topological polar surface area (TPSA) is 49.3 Å². The van der Waals surface area contributed by atoms with E-state index >= 15 is 0 Å². The van der Waals surface area contributed by atoms with E-state index in [-0.39, 0.29) is 5.41 Å². The van der Waals surface area contributed by atoms with Crippen LogP contribution in [0, 0.1) is 5.41 Å². The van der Waals surface area contributed by atoms with Crippen LogP contribution in [0.5, 0.6) is 0 Å². The Morgan fingerprint density at radius 2 is 1.55 bits per heavy atom. The molecule has 0 aliphatic heterocycles. The molecule has 11 heavy (non-hydrogen) atoms. The van der Waals surface area contributed by atoms with Crippen LogP contribution < -0.4 is 5.32 Å². The van der Waals surface area contributed by atoms with Crippen molar-refractivity contribution in [2.45, 2.75) is 40.2 Å². The number of nitrogens with one attached hydrogen (secondary N) is 1. The molecule has 0 aromatic heterocycles. The third kappa shape index (κ3) is 2.78. The van der Waals surface area contributed by atoms with Crippen LogP contribution in [-0.4, -0.2) is 16.7 Å². The standard InChI is InChI=1S/C8H17NO2/c1-7(2,3)8(4,5)9-6(10)11/h9H,1-5H3,(H,10,11). The normalized spacial score (nSPS) is 12.8. The van der Waals surface area contributed by atoms with Crippen molar-refractivity contribution in [3.63, 3.8) is 0 Å². The van der Waals surface area contributed by atoms with Crippen LogP contribution in [0.3, 0.4) is 0 Å². The minimum atomic E-state index is -0.968. The van der Waals surface area contributed by atoms with Crippen molar-refractivity contribution in [3.05, 3.63) is 0 Å². The maximum absolute atomic E-state index is 10.4. The molecule has 0 saturated heterocycles. The molecule has 0 spiro atoms. The minimum Gasteiger partial charge on any atom is -0.465 e. The van der Waals surface area contributed by atoms with Gasteiger partial charge in [0.15, 0.2) is 0 Å². The molecule has 0 rings (SSSR count). The van der Waals surface area contributed by atoms with Gasteiger partial charge in [-0.15, -0.1) is 0 Å². The molecule has 1 amide bonds. The van der Waals surface area contributed by atoms with E-state index in [1.807, 2.05) is 34.6 Å². The predicted octanol–water partition coefficient (Wildman–Crippen LogP) is 2.08. The number of amides is 1. The lowest BCUT2D eigenvalue weighted by molar-refractivity contribution is 0.143. The summed E-state index contributed by atoms with van der Waals surface area (Å²) in [5.74, 6) is 0. The molecular formula is C8H17NO2. The highest BCUT2D eigenvalue weighted by atomic mass is 16.4. The van der Waals surface area contributed by atoms with Crippen LogP contribution in [-0.2, 0) is 0 Å². The van der Waals surface area contributed by atoms with E-state index in [4.69, 9.17) is 5.11 Å².